The lowest BCUT2D eigenvalue weighted by atomic mass is 10.2. The van der Waals surface area contributed by atoms with Crippen molar-refractivity contribution in [1.82, 2.24) is 4.90 Å². The van der Waals surface area contributed by atoms with E-state index in [1.807, 2.05) is 17.0 Å². The quantitative estimate of drug-likeness (QED) is 0.847. The van der Waals surface area contributed by atoms with E-state index in [0.29, 0.717) is 17.8 Å². The Morgan fingerprint density at radius 3 is 2.31 bits per heavy atom. The molecule has 0 aromatic heterocycles. The van der Waals surface area contributed by atoms with Crippen molar-refractivity contribution in [2.45, 2.75) is 12.6 Å². The third-order valence-corrected chi connectivity index (χ3v) is 4.81. The number of carbonyl (C=O) groups excluding carboxylic acids is 1. The van der Waals surface area contributed by atoms with Crippen LogP contribution < -0.4 is 10.2 Å². The van der Waals surface area contributed by atoms with Crippen LogP contribution in [0.4, 0.5) is 24.5 Å². The summed E-state index contributed by atoms with van der Waals surface area (Å²) in [6.45, 7) is 3.23. The lowest BCUT2D eigenvalue weighted by Crippen LogP contribution is -2.36. The molecule has 0 unspecified atom stereocenters. The molecule has 2 aromatic rings. The molecule has 0 spiro atoms. The number of nitriles is 1. The average Bonchev–Trinajstić information content (AvgIpc) is 2.93. The summed E-state index contributed by atoms with van der Waals surface area (Å²) in [4.78, 5) is 16.5. The molecule has 0 radical (unpaired) electrons. The normalized spacial score (nSPS) is 15.4. The summed E-state index contributed by atoms with van der Waals surface area (Å²) < 4.78 is 37.8. The SMILES string of the molecule is N#Cc1ccc(N2CCCN(CC(=O)Nc3ccc(C(F)(F)F)cc3)CC2)cc1. The highest BCUT2D eigenvalue weighted by atomic mass is 19.4. The maximum absolute atomic E-state index is 12.6. The number of anilines is 2. The molecule has 2 aromatic carbocycles. The molecule has 1 amide bonds. The summed E-state index contributed by atoms with van der Waals surface area (Å²) in [5.74, 6) is -0.253. The van der Waals surface area contributed by atoms with E-state index >= 15 is 0 Å². The second-order valence-corrected chi connectivity index (χ2v) is 6.90. The highest BCUT2D eigenvalue weighted by Gasteiger charge is 2.30. The standard InChI is InChI=1S/C21H21F3N4O/c22-21(23,24)17-4-6-18(7-5-17)26-20(29)15-27-10-1-11-28(13-12-27)19-8-2-16(14-25)3-9-19/h2-9H,1,10-13,15H2,(H,26,29). The largest absolute Gasteiger partial charge is 0.416 e. The molecule has 152 valence electrons. The molecule has 5 nitrogen and oxygen atoms in total. The predicted molar refractivity (Wildman–Crippen MR) is 105 cm³/mol. The molecule has 1 heterocycles. The summed E-state index contributed by atoms with van der Waals surface area (Å²) >= 11 is 0. The monoisotopic (exact) mass is 402 g/mol. The van der Waals surface area contributed by atoms with Gasteiger partial charge in [0.15, 0.2) is 0 Å². The third kappa shape index (κ3) is 5.72. The van der Waals surface area contributed by atoms with E-state index in [-0.39, 0.29) is 12.5 Å². The zero-order chi connectivity index (χ0) is 20.9. The van der Waals surface area contributed by atoms with Crippen molar-refractivity contribution < 1.29 is 18.0 Å². The minimum absolute atomic E-state index is 0.183. The Morgan fingerprint density at radius 1 is 1.00 bits per heavy atom. The summed E-state index contributed by atoms with van der Waals surface area (Å²) in [5, 5.41) is 11.6. The molecule has 0 bridgehead atoms. The first-order valence-electron chi connectivity index (χ1n) is 9.30. The Hall–Kier alpha value is -3.05. The molecule has 0 atom stereocenters. The second kappa shape index (κ2) is 8.97. The van der Waals surface area contributed by atoms with Crippen molar-refractivity contribution in [2.24, 2.45) is 0 Å². The molecule has 1 aliphatic rings. The van der Waals surface area contributed by atoms with Crippen LogP contribution in [-0.2, 0) is 11.0 Å². The van der Waals surface area contributed by atoms with Gasteiger partial charge in [-0.15, -0.1) is 0 Å². The topological polar surface area (TPSA) is 59.4 Å². The van der Waals surface area contributed by atoms with Crippen LogP contribution in [0.3, 0.4) is 0 Å². The number of carbonyl (C=O) groups is 1. The van der Waals surface area contributed by atoms with Gasteiger partial charge in [0.1, 0.15) is 0 Å². The van der Waals surface area contributed by atoms with Crippen LogP contribution in [-0.4, -0.2) is 43.5 Å². The number of rotatable bonds is 4. The van der Waals surface area contributed by atoms with Gasteiger partial charge < -0.3 is 10.2 Å². The summed E-state index contributed by atoms with van der Waals surface area (Å²) in [5.41, 5.74) is 1.26. The number of alkyl halides is 3. The van der Waals surface area contributed by atoms with Crippen molar-refractivity contribution in [3.63, 3.8) is 0 Å². The number of amides is 1. The Kier molecular flexibility index (Phi) is 6.39. The molecule has 1 fully saturated rings. The van der Waals surface area contributed by atoms with Gasteiger partial charge in [-0.2, -0.15) is 18.4 Å². The molecule has 8 heteroatoms. The van der Waals surface area contributed by atoms with E-state index in [4.69, 9.17) is 5.26 Å². The lowest BCUT2D eigenvalue weighted by molar-refractivity contribution is -0.137. The average molecular weight is 402 g/mol. The maximum atomic E-state index is 12.6. The van der Waals surface area contributed by atoms with Crippen molar-refractivity contribution in [1.29, 1.82) is 5.26 Å². The van der Waals surface area contributed by atoms with Crippen molar-refractivity contribution in [3.05, 3.63) is 59.7 Å². The Bertz CT molecular complexity index is 873. The molecule has 1 aliphatic heterocycles. The van der Waals surface area contributed by atoms with Gasteiger partial charge in [0.05, 0.1) is 23.7 Å². The maximum Gasteiger partial charge on any atom is 0.416 e. The zero-order valence-corrected chi connectivity index (χ0v) is 15.7. The van der Waals surface area contributed by atoms with Gasteiger partial charge >= 0.3 is 6.18 Å². The number of hydrogen-bond donors (Lipinski definition) is 1. The van der Waals surface area contributed by atoms with Crippen molar-refractivity contribution in [2.75, 3.05) is 42.9 Å². The van der Waals surface area contributed by atoms with Crippen LogP contribution in [0.5, 0.6) is 0 Å². The summed E-state index contributed by atoms with van der Waals surface area (Å²) in [7, 11) is 0. The van der Waals surface area contributed by atoms with E-state index in [9.17, 15) is 18.0 Å². The van der Waals surface area contributed by atoms with Gasteiger partial charge in [0, 0.05) is 37.6 Å². The van der Waals surface area contributed by atoms with Gasteiger partial charge in [-0.3, -0.25) is 9.69 Å². The highest BCUT2D eigenvalue weighted by molar-refractivity contribution is 5.92. The van der Waals surface area contributed by atoms with Crippen LogP contribution >= 0.6 is 0 Å². The lowest BCUT2D eigenvalue weighted by Gasteiger charge is -2.23. The fourth-order valence-electron chi connectivity index (χ4n) is 3.28. The second-order valence-electron chi connectivity index (χ2n) is 6.90. The van der Waals surface area contributed by atoms with Crippen molar-refractivity contribution >= 4 is 17.3 Å². The molecule has 1 saturated heterocycles. The summed E-state index contributed by atoms with van der Waals surface area (Å²) in [6, 6.07) is 14.0. The smallest absolute Gasteiger partial charge is 0.370 e. The number of halogens is 3. The Balaban J connectivity index is 1.51. The van der Waals surface area contributed by atoms with Crippen LogP contribution in [0.15, 0.2) is 48.5 Å². The van der Waals surface area contributed by atoms with E-state index in [2.05, 4.69) is 16.3 Å². The van der Waals surface area contributed by atoms with E-state index in [1.165, 1.54) is 12.1 Å². The molecule has 29 heavy (non-hydrogen) atoms. The van der Waals surface area contributed by atoms with Crippen LogP contribution in [0.2, 0.25) is 0 Å². The molecule has 1 N–H and O–H groups in total. The Labute approximate surface area is 167 Å². The molecule has 0 saturated carbocycles. The van der Waals surface area contributed by atoms with E-state index in [1.54, 1.807) is 12.1 Å². The van der Waals surface area contributed by atoms with E-state index in [0.717, 1.165) is 43.9 Å². The van der Waals surface area contributed by atoms with Crippen molar-refractivity contribution in [3.8, 4) is 6.07 Å². The van der Waals surface area contributed by atoms with Gasteiger partial charge in [0.2, 0.25) is 5.91 Å². The van der Waals surface area contributed by atoms with Gasteiger partial charge in [-0.1, -0.05) is 0 Å². The third-order valence-electron chi connectivity index (χ3n) is 4.81. The number of nitrogens with one attached hydrogen (secondary N) is 1. The predicted octanol–water partition coefficient (Wildman–Crippen LogP) is 3.73. The number of nitrogens with zero attached hydrogens (tertiary/aromatic N) is 3. The minimum Gasteiger partial charge on any atom is -0.370 e. The van der Waals surface area contributed by atoms with Crippen LogP contribution in [0.25, 0.3) is 0 Å². The Morgan fingerprint density at radius 2 is 1.69 bits per heavy atom. The van der Waals surface area contributed by atoms with Crippen LogP contribution in [0, 0.1) is 11.3 Å². The fourth-order valence-corrected chi connectivity index (χ4v) is 3.28. The van der Waals surface area contributed by atoms with Gasteiger partial charge in [0.25, 0.3) is 0 Å². The molecule has 0 aliphatic carbocycles. The number of benzene rings is 2. The zero-order valence-electron chi connectivity index (χ0n) is 15.7. The van der Waals surface area contributed by atoms with E-state index < -0.39 is 11.7 Å². The molecular weight excluding hydrogens is 381 g/mol. The van der Waals surface area contributed by atoms with Gasteiger partial charge in [-0.25, -0.2) is 0 Å². The highest BCUT2D eigenvalue weighted by Crippen LogP contribution is 2.29. The molecule has 3 rings (SSSR count). The van der Waals surface area contributed by atoms with Gasteiger partial charge in [-0.05, 0) is 55.0 Å². The number of hydrogen-bond acceptors (Lipinski definition) is 4. The minimum atomic E-state index is -4.39. The first-order valence-corrected chi connectivity index (χ1v) is 9.30. The molecular formula is C21H21F3N4O. The summed E-state index contributed by atoms with van der Waals surface area (Å²) in [6.07, 6.45) is -3.51. The first kappa shape index (κ1) is 20.7. The fraction of sp³-hybridized carbons (Fsp3) is 0.333. The van der Waals surface area contributed by atoms with Crippen LogP contribution in [0.1, 0.15) is 17.5 Å². The first-order chi connectivity index (χ1) is 13.8.